The fourth-order valence-corrected chi connectivity index (χ4v) is 2.37. The number of H-pyrrole nitrogens is 1. The van der Waals surface area contributed by atoms with Crippen molar-refractivity contribution in [2.24, 2.45) is 0 Å². The Morgan fingerprint density at radius 1 is 1.38 bits per heavy atom. The number of anilines is 1. The van der Waals surface area contributed by atoms with E-state index in [2.05, 4.69) is 20.5 Å². The third-order valence-electron chi connectivity index (χ3n) is 2.98. The standard InChI is InChI=1S/C14H16N4O2S/c1-4-21-11-6-5-10(7-15-11)16-13(19)12-8(2)9(3)17-18-14(12)20/h5-7H,4H2,1-3H3,(H,16,19)(H,18,20). The van der Waals surface area contributed by atoms with Gasteiger partial charge < -0.3 is 5.32 Å². The van der Waals surface area contributed by atoms with Crippen molar-refractivity contribution >= 4 is 23.4 Å². The summed E-state index contributed by atoms with van der Waals surface area (Å²) in [5.41, 5.74) is 1.32. The lowest BCUT2D eigenvalue weighted by Crippen LogP contribution is -2.26. The van der Waals surface area contributed by atoms with E-state index in [1.807, 2.05) is 13.0 Å². The summed E-state index contributed by atoms with van der Waals surface area (Å²) < 4.78 is 0. The van der Waals surface area contributed by atoms with Gasteiger partial charge in [0.15, 0.2) is 0 Å². The number of nitrogens with one attached hydrogen (secondary N) is 2. The molecule has 2 aromatic rings. The van der Waals surface area contributed by atoms with E-state index in [9.17, 15) is 9.59 Å². The second kappa shape index (κ2) is 6.53. The lowest BCUT2D eigenvalue weighted by atomic mass is 10.1. The van der Waals surface area contributed by atoms with Crippen molar-refractivity contribution < 1.29 is 4.79 Å². The number of pyridine rings is 1. The van der Waals surface area contributed by atoms with Gasteiger partial charge in [-0.05, 0) is 37.3 Å². The summed E-state index contributed by atoms with van der Waals surface area (Å²) >= 11 is 1.62. The third-order valence-corrected chi connectivity index (χ3v) is 3.81. The Morgan fingerprint density at radius 2 is 2.14 bits per heavy atom. The molecule has 0 unspecified atom stereocenters. The molecule has 0 saturated heterocycles. The molecule has 0 radical (unpaired) electrons. The number of hydrogen-bond donors (Lipinski definition) is 2. The van der Waals surface area contributed by atoms with Crippen LogP contribution in [0.2, 0.25) is 0 Å². The molecule has 6 nitrogen and oxygen atoms in total. The minimum atomic E-state index is -0.498. The maximum atomic E-state index is 12.2. The van der Waals surface area contributed by atoms with Crippen LogP contribution in [0.3, 0.4) is 0 Å². The van der Waals surface area contributed by atoms with Crippen LogP contribution in [0.5, 0.6) is 0 Å². The molecule has 2 heterocycles. The summed E-state index contributed by atoms with van der Waals surface area (Å²) in [6.07, 6.45) is 1.58. The van der Waals surface area contributed by atoms with Gasteiger partial charge in [-0.2, -0.15) is 5.10 Å². The molecule has 0 aliphatic rings. The normalized spacial score (nSPS) is 10.4. The van der Waals surface area contributed by atoms with Crippen molar-refractivity contribution in [1.82, 2.24) is 15.2 Å². The Labute approximate surface area is 126 Å². The largest absolute Gasteiger partial charge is 0.320 e. The topological polar surface area (TPSA) is 87.7 Å². The molecule has 7 heteroatoms. The molecule has 2 aromatic heterocycles. The number of thioether (sulfide) groups is 1. The second-order valence-corrected chi connectivity index (χ2v) is 5.69. The van der Waals surface area contributed by atoms with Gasteiger partial charge >= 0.3 is 0 Å². The maximum Gasteiger partial charge on any atom is 0.277 e. The predicted molar refractivity (Wildman–Crippen MR) is 82.9 cm³/mol. The summed E-state index contributed by atoms with van der Waals surface area (Å²) in [6, 6.07) is 3.60. The minimum absolute atomic E-state index is 0.0782. The van der Waals surface area contributed by atoms with Gasteiger partial charge in [0.2, 0.25) is 0 Å². The van der Waals surface area contributed by atoms with E-state index in [0.717, 1.165) is 10.8 Å². The van der Waals surface area contributed by atoms with Gasteiger partial charge in [0.05, 0.1) is 22.6 Å². The summed E-state index contributed by atoms with van der Waals surface area (Å²) in [4.78, 5) is 28.2. The molecule has 1 amide bonds. The lowest BCUT2D eigenvalue weighted by molar-refractivity contribution is 0.102. The van der Waals surface area contributed by atoms with Crippen LogP contribution in [0.4, 0.5) is 5.69 Å². The average molecular weight is 304 g/mol. The molecule has 0 spiro atoms. The molecule has 110 valence electrons. The quantitative estimate of drug-likeness (QED) is 0.845. The van der Waals surface area contributed by atoms with Crippen LogP contribution in [0.15, 0.2) is 28.2 Å². The molecule has 0 aliphatic heterocycles. The van der Waals surface area contributed by atoms with E-state index in [1.54, 1.807) is 37.9 Å². The third kappa shape index (κ3) is 3.49. The van der Waals surface area contributed by atoms with Crippen LogP contribution >= 0.6 is 11.8 Å². The highest BCUT2D eigenvalue weighted by atomic mass is 32.2. The van der Waals surface area contributed by atoms with Crippen LogP contribution in [0, 0.1) is 13.8 Å². The zero-order valence-corrected chi connectivity index (χ0v) is 12.9. The summed E-state index contributed by atoms with van der Waals surface area (Å²) in [5.74, 6) is 0.473. The number of nitrogens with zero attached hydrogens (tertiary/aromatic N) is 2. The summed E-state index contributed by atoms with van der Waals surface area (Å²) in [7, 11) is 0. The van der Waals surface area contributed by atoms with Crippen molar-refractivity contribution in [3.63, 3.8) is 0 Å². The minimum Gasteiger partial charge on any atom is -0.320 e. The van der Waals surface area contributed by atoms with Crippen LogP contribution in [-0.4, -0.2) is 26.8 Å². The van der Waals surface area contributed by atoms with E-state index in [0.29, 0.717) is 16.9 Å². The molecular weight excluding hydrogens is 288 g/mol. The van der Waals surface area contributed by atoms with Gasteiger partial charge in [-0.25, -0.2) is 10.1 Å². The zero-order valence-electron chi connectivity index (χ0n) is 12.1. The fraction of sp³-hybridized carbons (Fsp3) is 0.286. The number of hydrogen-bond acceptors (Lipinski definition) is 5. The van der Waals surface area contributed by atoms with Gasteiger partial charge in [-0.1, -0.05) is 6.92 Å². The Hall–Kier alpha value is -2.15. The molecule has 0 aliphatic carbocycles. The van der Waals surface area contributed by atoms with E-state index in [1.165, 1.54) is 0 Å². The monoisotopic (exact) mass is 304 g/mol. The summed E-state index contributed by atoms with van der Waals surface area (Å²) in [6.45, 7) is 5.48. The molecule has 21 heavy (non-hydrogen) atoms. The fourth-order valence-electron chi connectivity index (χ4n) is 1.78. The van der Waals surface area contributed by atoms with E-state index >= 15 is 0 Å². The lowest BCUT2D eigenvalue weighted by Gasteiger charge is -2.08. The molecular formula is C14H16N4O2S. The maximum absolute atomic E-state index is 12.2. The number of aromatic nitrogens is 3. The first kappa shape index (κ1) is 15.2. The molecule has 0 saturated carbocycles. The number of amides is 1. The SMILES string of the molecule is CCSc1ccc(NC(=O)c2c(C)c(C)n[nH]c2=O)cn1. The highest BCUT2D eigenvalue weighted by molar-refractivity contribution is 7.99. The van der Waals surface area contributed by atoms with E-state index < -0.39 is 11.5 Å². The predicted octanol–water partition coefficient (Wildman–Crippen LogP) is 2.15. The molecule has 0 atom stereocenters. The number of aryl methyl sites for hydroxylation is 1. The molecule has 2 N–H and O–H groups in total. The summed E-state index contributed by atoms with van der Waals surface area (Å²) in [5, 5.41) is 9.71. The first-order valence-electron chi connectivity index (χ1n) is 6.49. The van der Waals surface area contributed by atoms with Crippen LogP contribution in [0.1, 0.15) is 28.5 Å². The highest BCUT2D eigenvalue weighted by Gasteiger charge is 2.16. The number of aromatic amines is 1. The second-order valence-electron chi connectivity index (χ2n) is 4.41. The first-order valence-corrected chi connectivity index (χ1v) is 7.47. The Kier molecular flexibility index (Phi) is 4.74. The van der Waals surface area contributed by atoms with Crippen LogP contribution in [0.25, 0.3) is 0 Å². The first-order chi connectivity index (χ1) is 10.0. The Balaban J connectivity index is 2.22. The van der Waals surface area contributed by atoms with Crippen LogP contribution < -0.4 is 10.9 Å². The highest BCUT2D eigenvalue weighted by Crippen LogP contribution is 2.17. The zero-order chi connectivity index (χ0) is 15.4. The Bertz CT molecular complexity index is 710. The Morgan fingerprint density at radius 3 is 2.76 bits per heavy atom. The van der Waals surface area contributed by atoms with Gasteiger partial charge in [0.1, 0.15) is 5.56 Å². The molecule has 0 bridgehead atoms. The van der Waals surface area contributed by atoms with Crippen molar-refractivity contribution in [2.45, 2.75) is 25.8 Å². The van der Waals surface area contributed by atoms with Gasteiger partial charge in [0, 0.05) is 0 Å². The number of rotatable bonds is 4. The van der Waals surface area contributed by atoms with Crippen molar-refractivity contribution in [3.8, 4) is 0 Å². The van der Waals surface area contributed by atoms with Crippen molar-refractivity contribution in [3.05, 3.63) is 45.5 Å². The van der Waals surface area contributed by atoms with E-state index in [4.69, 9.17) is 0 Å². The molecule has 2 rings (SSSR count). The average Bonchev–Trinajstić information content (AvgIpc) is 2.46. The van der Waals surface area contributed by atoms with Gasteiger partial charge in [0.25, 0.3) is 11.5 Å². The van der Waals surface area contributed by atoms with Gasteiger partial charge in [-0.15, -0.1) is 11.8 Å². The molecule has 0 aromatic carbocycles. The van der Waals surface area contributed by atoms with E-state index in [-0.39, 0.29) is 5.56 Å². The number of carbonyl (C=O) groups excluding carboxylic acids is 1. The van der Waals surface area contributed by atoms with Crippen LogP contribution in [-0.2, 0) is 0 Å². The van der Waals surface area contributed by atoms with Crippen molar-refractivity contribution in [2.75, 3.05) is 11.1 Å². The van der Waals surface area contributed by atoms with Gasteiger partial charge in [-0.3, -0.25) is 9.59 Å². The number of carbonyl (C=O) groups is 1. The smallest absolute Gasteiger partial charge is 0.277 e. The molecule has 0 fully saturated rings. The van der Waals surface area contributed by atoms with Crippen molar-refractivity contribution in [1.29, 1.82) is 0 Å².